The molecule has 1 fully saturated rings. The van der Waals surface area contributed by atoms with Crippen molar-refractivity contribution in [3.63, 3.8) is 0 Å². The molecule has 0 saturated carbocycles. The highest BCUT2D eigenvalue weighted by Crippen LogP contribution is 2.36. The van der Waals surface area contributed by atoms with Gasteiger partial charge in [0.05, 0.1) is 21.3 Å². The average molecular weight is 420 g/mol. The molecular formula is C17H10ClN3O6S. The maximum Gasteiger partial charge on any atom is 0.293 e. The molecule has 11 heteroatoms. The summed E-state index contributed by atoms with van der Waals surface area (Å²) in [6.45, 7) is -0.262. The Morgan fingerprint density at radius 3 is 2.46 bits per heavy atom. The predicted molar refractivity (Wildman–Crippen MR) is 103 cm³/mol. The van der Waals surface area contributed by atoms with Gasteiger partial charge in [0.2, 0.25) is 0 Å². The minimum Gasteiger partial charge on any atom is -0.268 e. The van der Waals surface area contributed by atoms with E-state index < -0.39 is 21.0 Å². The predicted octanol–water partition coefficient (Wildman–Crippen LogP) is 4.39. The standard InChI is InChI=1S/C17H10ClN3O6S/c18-13-6-5-12(20(24)25)7-11(13)8-15-16(22)19(17(23)28-15)9-10-3-1-2-4-14(10)21(26)27/h1-8H,9H2. The van der Waals surface area contributed by atoms with Crippen molar-refractivity contribution in [3.8, 4) is 0 Å². The van der Waals surface area contributed by atoms with E-state index in [9.17, 15) is 29.8 Å². The Kier molecular flexibility index (Phi) is 5.43. The van der Waals surface area contributed by atoms with Gasteiger partial charge in [-0.2, -0.15) is 0 Å². The molecule has 142 valence electrons. The number of hydrogen-bond acceptors (Lipinski definition) is 7. The van der Waals surface area contributed by atoms with Crippen LogP contribution in [0.2, 0.25) is 5.02 Å². The number of rotatable bonds is 5. The molecule has 0 atom stereocenters. The third-order valence-corrected chi connectivity index (χ3v) is 5.12. The van der Waals surface area contributed by atoms with Crippen LogP contribution in [-0.4, -0.2) is 25.9 Å². The molecule has 0 unspecified atom stereocenters. The fraction of sp³-hybridized carbons (Fsp3) is 0.0588. The average Bonchev–Trinajstić information content (AvgIpc) is 2.91. The number of para-hydroxylation sites is 1. The van der Waals surface area contributed by atoms with Gasteiger partial charge in [-0.1, -0.05) is 29.8 Å². The van der Waals surface area contributed by atoms with Gasteiger partial charge in [0.15, 0.2) is 0 Å². The lowest BCUT2D eigenvalue weighted by Gasteiger charge is -2.12. The zero-order valence-corrected chi connectivity index (χ0v) is 15.5. The Morgan fingerprint density at radius 1 is 1.07 bits per heavy atom. The van der Waals surface area contributed by atoms with Gasteiger partial charge in [-0.15, -0.1) is 0 Å². The molecule has 2 aromatic carbocycles. The highest BCUT2D eigenvalue weighted by Gasteiger charge is 2.36. The molecule has 1 heterocycles. The molecule has 0 bridgehead atoms. The Labute approximate surface area is 166 Å². The number of amides is 2. The van der Waals surface area contributed by atoms with Gasteiger partial charge in [0.1, 0.15) is 0 Å². The lowest BCUT2D eigenvalue weighted by atomic mass is 10.1. The number of halogens is 1. The number of non-ortho nitro benzene ring substituents is 1. The molecule has 9 nitrogen and oxygen atoms in total. The number of carbonyl (C=O) groups excluding carboxylic acids is 2. The highest BCUT2D eigenvalue weighted by molar-refractivity contribution is 8.18. The van der Waals surface area contributed by atoms with Gasteiger partial charge in [-0.05, 0) is 23.9 Å². The third-order valence-electron chi connectivity index (χ3n) is 3.87. The largest absolute Gasteiger partial charge is 0.293 e. The molecule has 2 amide bonds. The van der Waals surface area contributed by atoms with Crippen molar-refractivity contribution in [1.29, 1.82) is 0 Å². The fourth-order valence-electron chi connectivity index (χ4n) is 2.53. The first kappa shape index (κ1) is 19.5. The number of imide groups is 1. The van der Waals surface area contributed by atoms with E-state index in [2.05, 4.69) is 0 Å². The normalized spacial score (nSPS) is 15.3. The van der Waals surface area contributed by atoms with Crippen molar-refractivity contribution in [2.75, 3.05) is 0 Å². The van der Waals surface area contributed by atoms with Crippen molar-refractivity contribution >= 4 is 52.0 Å². The lowest BCUT2D eigenvalue weighted by molar-refractivity contribution is -0.385. The number of thioether (sulfide) groups is 1. The van der Waals surface area contributed by atoms with Gasteiger partial charge in [-0.25, -0.2) is 0 Å². The van der Waals surface area contributed by atoms with Crippen LogP contribution in [0.15, 0.2) is 47.4 Å². The Balaban J connectivity index is 1.91. The van der Waals surface area contributed by atoms with E-state index in [0.29, 0.717) is 11.8 Å². The van der Waals surface area contributed by atoms with E-state index in [4.69, 9.17) is 11.6 Å². The molecule has 1 aliphatic rings. The van der Waals surface area contributed by atoms with Gasteiger partial charge < -0.3 is 0 Å². The van der Waals surface area contributed by atoms with Gasteiger partial charge in [0.25, 0.3) is 22.5 Å². The second-order valence-corrected chi connectivity index (χ2v) is 7.02. The lowest BCUT2D eigenvalue weighted by Crippen LogP contribution is -2.27. The van der Waals surface area contributed by atoms with E-state index in [1.165, 1.54) is 42.5 Å². The minimum absolute atomic E-state index is 0.0194. The first-order valence-corrected chi connectivity index (χ1v) is 8.89. The number of nitrogens with zero attached hydrogens (tertiary/aromatic N) is 3. The minimum atomic E-state index is -0.657. The maximum atomic E-state index is 12.6. The van der Waals surface area contributed by atoms with Crippen LogP contribution in [0.5, 0.6) is 0 Å². The van der Waals surface area contributed by atoms with E-state index in [1.807, 2.05) is 0 Å². The molecule has 28 heavy (non-hydrogen) atoms. The molecule has 0 aromatic heterocycles. The monoisotopic (exact) mass is 419 g/mol. The number of carbonyl (C=O) groups is 2. The first-order valence-electron chi connectivity index (χ1n) is 7.69. The summed E-state index contributed by atoms with van der Waals surface area (Å²) < 4.78 is 0. The zero-order valence-electron chi connectivity index (χ0n) is 13.9. The molecule has 1 aliphatic heterocycles. The number of nitro benzene ring substituents is 2. The quantitative estimate of drug-likeness (QED) is 0.399. The Morgan fingerprint density at radius 2 is 1.79 bits per heavy atom. The smallest absolute Gasteiger partial charge is 0.268 e. The molecule has 1 saturated heterocycles. The van der Waals surface area contributed by atoms with Crippen LogP contribution in [0.4, 0.5) is 16.2 Å². The van der Waals surface area contributed by atoms with Gasteiger partial charge in [-0.3, -0.25) is 34.7 Å². The maximum absolute atomic E-state index is 12.6. The zero-order chi connectivity index (χ0) is 20.4. The third kappa shape index (κ3) is 3.87. The molecule has 2 aromatic rings. The molecule has 0 aliphatic carbocycles. The molecule has 0 spiro atoms. The summed E-state index contributed by atoms with van der Waals surface area (Å²) in [7, 11) is 0. The topological polar surface area (TPSA) is 124 Å². The summed E-state index contributed by atoms with van der Waals surface area (Å²) in [5.74, 6) is -0.657. The first-order chi connectivity index (χ1) is 13.3. The second-order valence-electron chi connectivity index (χ2n) is 5.62. The van der Waals surface area contributed by atoms with Crippen LogP contribution in [0, 0.1) is 20.2 Å². The van der Waals surface area contributed by atoms with Crippen molar-refractivity contribution in [1.82, 2.24) is 4.90 Å². The Bertz CT molecular complexity index is 1050. The summed E-state index contributed by atoms with van der Waals surface area (Å²) in [4.78, 5) is 46.6. The number of benzene rings is 2. The molecular weight excluding hydrogens is 410 g/mol. The van der Waals surface area contributed by atoms with Crippen LogP contribution in [0.25, 0.3) is 6.08 Å². The van der Waals surface area contributed by atoms with Crippen LogP contribution >= 0.6 is 23.4 Å². The number of hydrogen-bond donors (Lipinski definition) is 0. The molecule has 0 N–H and O–H groups in total. The molecule has 0 radical (unpaired) electrons. The summed E-state index contributed by atoms with van der Waals surface area (Å²) in [5, 5.41) is 21.6. The summed E-state index contributed by atoms with van der Waals surface area (Å²) in [5.41, 5.74) is 0.0125. The number of nitro groups is 2. The van der Waals surface area contributed by atoms with E-state index in [-0.39, 0.29) is 39.0 Å². The van der Waals surface area contributed by atoms with Crippen LogP contribution in [0.3, 0.4) is 0 Å². The van der Waals surface area contributed by atoms with Crippen molar-refractivity contribution in [3.05, 3.63) is 83.7 Å². The van der Waals surface area contributed by atoms with Crippen molar-refractivity contribution in [2.45, 2.75) is 6.54 Å². The summed E-state index contributed by atoms with van der Waals surface area (Å²) in [6, 6.07) is 9.54. The molecule has 3 rings (SSSR count). The van der Waals surface area contributed by atoms with E-state index in [0.717, 1.165) is 4.90 Å². The van der Waals surface area contributed by atoms with Crippen molar-refractivity contribution < 1.29 is 19.4 Å². The summed E-state index contributed by atoms with van der Waals surface area (Å²) in [6.07, 6.45) is 1.29. The van der Waals surface area contributed by atoms with Crippen molar-refractivity contribution in [2.24, 2.45) is 0 Å². The highest BCUT2D eigenvalue weighted by atomic mass is 35.5. The SMILES string of the molecule is O=C1SC(=Cc2cc([N+](=O)[O-])ccc2Cl)C(=O)N1Cc1ccccc1[N+](=O)[O-]. The van der Waals surface area contributed by atoms with Gasteiger partial charge >= 0.3 is 0 Å². The van der Waals surface area contributed by atoms with Crippen LogP contribution in [-0.2, 0) is 11.3 Å². The summed E-state index contributed by atoms with van der Waals surface area (Å²) >= 11 is 6.66. The van der Waals surface area contributed by atoms with Gasteiger partial charge in [0, 0.05) is 34.3 Å². The Hall–Kier alpha value is -3.24. The van der Waals surface area contributed by atoms with E-state index in [1.54, 1.807) is 6.07 Å². The van der Waals surface area contributed by atoms with Crippen LogP contribution < -0.4 is 0 Å². The fourth-order valence-corrected chi connectivity index (χ4v) is 3.53. The van der Waals surface area contributed by atoms with Crippen LogP contribution in [0.1, 0.15) is 11.1 Å². The second kappa shape index (κ2) is 7.79. The van der Waals surface area contributed by atoms with E-state index >= 15 is 0 Å².